The zero-order valence-electron chi connectivity index (χ0n) is 51.1. The molecule has 0 saturated carbocycles. The first-order valence-electron chi connectivity index (χ1n) is 33.1. The van der Waals surface area contributed by atoms with Gasteiger partial charge in [-0.05, 0) is 103 Å². The number of carbonyl (C=O) groups is 2. The number of unbranched alkanes of at least 4 members (excludes halogenated alkanes) is 32. The number of aliphatic hydroxyl groups is 1. The highest BCUT2D eigenvalue weighted by atomic mass is 16.6. The Hall–Kier alpha value is -3.70. The number of hydrogen-bond donors (Lipinski definition) is 1. The van der Waals surface area contributed by atoms with Crippen LogP contribution in [0.15, 0.2) is 122 Å². The quantitative estimate of drug-likeness (QED) is 0.0373. The molecule has 5 nitrogen and oxygen atoms in total. The Morgan fingerprint density at radius 2 is 0.513 bits per heavy atom. The molecule has 0 amide bonds. The third-order valence-corrected chi connectivity index (χ3v) is 14.3. The summed E-state index contributed by atoms with van der Waals surface area (Å²) in [5, 5.41) is 9.69. The first-order chi connectivity index (χ1) is 38.6. The molecule has 1 N–H and O–H groups in total. The second kappa shape index (κ2) is 67.6. The summed E-state index contributed by atoms with van der Waals surface area (Å²) in [6.45, 7) is 3.94. The number of esters is 2. The lowest BCUT2D eigenvalue weighted by atomic mass is 10.0. The fourth-order valence-corrected chi connectivity index (χ4v) is 9.38. The van der Waals surface area contributed by atoms with Crippen molar-refractivity contribution in [3.63, 3.8) is 0 Å². The van der Waals surface area contributed by atoms with Crippen molar-refractivity contribution in [2.75, 3.05) is 13.2 Å². The molecule has 1 unspecified atom stereocenters. The van der Waals surface area contributed by atoms with Crippen molar-refractivity contribution in [3.05, 3.63) is 122 Å². The lowest BCUT2D eigenvalue weighted by Gasteiger charge is -2.15. The van der Waals surface area contributed by atoms with E-state index in [2.05, 4.69) is 135 Å². The first kappa shape index (κ1) is 74.3. The fraction of sp³-hybridized carbons (Fsp3) is 0.699. The van der Waals surface area contributed by atoms with Crippen molar-refractivity contribution in [2.24, 2.45) is 0 Å². The van der Waals surface area contributed by atoms with Crippen LogP contribution in [0.25, 0.3) is 0 Å². The van der Waals surface area contributed by atoms with Crippen molar-refractivity contribution in [3.8, 4) is 0 Å². The maximum absolute atomic E-state index is 12.4. The Labute approximate surface area is 483 Å². The summed E-state index contributed by atoms with van der Waals surface area (Å²) < 4.78 is 10.8. The minimum absolute atomic E-state index is 0.0680. The maximum atomic E-state index is 12.4. The number of carbonyl (C=O) groups excluding carboxylic acids is 2. The van der Waals surface area contributed by atoms with E-state index in [4.69, 9.17) is 9.47 Å². The van der Waals surface area contributed by atoms with Gasteiger partial charge in [0.15, 0.2) is 6.10 Å². The van der Waals surface area contributed by atoms with Crippen LogP contribution >= 0.6 is 0 Å². The highest BCUT2D eigenvalue weighted by molar-refractivity contribution is 5.70. The Bertz CT molecular complexity index is 1550. The fourth-order valence-electron chi connectivity index (χ4n) is 9.38. The van der Waals surface area contributed by atoms with Gasteiger partial charge < -0.3 is 14.6 Å². The molecule has 0 aromatic carbocycles. The van der Waals surface area contributed by atoms with Gasteiger partial charge in [-0.15, -0.1) is 0 Å². The van der Waals surface area contributed by atoms with Gasteiger partial charge in [0.05, 0.1) is 6.61 Å². The Morgan fingerprint density at radius 3 is 0.769 bits per heavy atom. The molecule has 0 radical (unpaired) electrons. The topological polar surface area (TPSA) is 72.8 Å². The molecule has 0 aliphatic heterocycles. The van der Waals surface area contributed by atoms with Crippen LogP contribution in [0, 0.1) is 0 Å². The predicted molar refractivity (Wildman–Crippen MR) is 343 cm³/mol. The summed E-state index contributed by atoms with van der Waals surface area (Å²) >= 11 is 0. The molecule has 0 fully saturated rings. The third kappa shape index (κ3) is 64.8. The Balaban J connectivity index is 3.46. The van der Waals surface area contributed by atoms with E-state index in [9.17, 15) is 14.7 Å². The SMILES string of the molecule is CC/C=C\C/C=C\C/C=C\C/C=C\C/C=C\C/C=C\CCCCCCCCCCCCCCCCCCCCC(=O)OC(CO)COC(=O)CCCCCCCCCCCCCCCC/C=C\C/C=C\C/C=C\C/C=C\CC. The van der Waals surface area contributed by atoms with Gasteiger partial charge in [-0.3, -0.25) is 9.59 Å². The number of ether oxygens (including phenoxy) is 2. The molecule has 0 bridgehead atoms. The zero-order valence-corrected chi connectivity index (χ0v) is 51.1. The monoisotopic (exact) mass is 1080 g/mol. The summed E-state index contributed by atoms with van der Waals surface area (Å²) in [4.78, 5) is 24.6. The minimum Gasteiger partial charge on any atom is -0.462 e. The molecule has 0 spiro atoms. The van der Waals surface area contributed by atoms with Gasteiger partial charge in [0.2, 0.25) is 0 Å². The smallest absolute Gasteiger partial charge is 0.306 e. The average Bonchev–Trinajstić information content (AvgIpc) is 3.44. The molecule has 446 valence electrons. The van der Waals surface area contributed by atoms with Crippen LogP contribution in [-0.2, 0) is 19.1 Å². The van der Waals surface area contributed by atoms with Gasteiger partial charge in [0.25, 0.3) is 0 Å². The van der Waals surface area contributed by atoms with Crippen LogP contribution in [0.4, 0.5) is 0 Å². The van der Waals surface area contributed by atoms with Gasteiger partial charge in [-0.2, -0.15) is 0 Å². The molecule has 0 aliphatic rings. The van der Waals surface area contributed by atoms with Crippen molar-refractivity contribution < 1.29 is 24.2 Å². The molecular formula is C73H124O5. The van der Waals surface area contributed by atoms with Crippen LogP contribution in [-0.4, -0.2) is 36.4 Å². The normalized spacial score (nSPS) is 13.0. The Morgan fingerprint density at radius 1 is 0.295 bits per heavy atom. The molecule has 0 rings (SSSR count). The molecule has 0 saturated heterocycles. The third-order valence-electron chi connectivity index (χ3n) is 14.3. The molecule has 0 aliphatic carbocycles. The second-order valence-corrected chi connectivity index (χ2v) is 21.8. The number of hydrogen-bond acceptors (Lipinski definition) is 5. The van der Waals surface area contributed by atoms with E-state index in [1.165, 1.54) is 180 Å². The number of aliphatic hydroxyl groups excluding tert-OH is 1. The molecule has 1 atom stereocenters. The summed E-state index contributed by atoms with van der Waals surface area (Å²) in [6.07, 6.45) is 99.2. The van der Waals surface area contributed by atoms with Crippen molar-refractivity contribution >= 4 is 11.9 Å². The molecule has 0 aromatic heterocycles. The van der Waals surface area contributed by atoms with Crippen LogP contribution < -0.4 is 0 Å². The van der Waals surface area contributed by atoms with Crippen molar-refractivity contribution in [1.82, 2.24) is 0 Å². The average molecular weight is 1080 g/mol. The van der Waals surface area contributed by atoms with Gasteiger partial charge in [-0.1, -0.05) is 315 Å². The molecule has 0 aromatic rings. The highest BCUT2D eigenvalue weighted by Gasteiger charge is 2.16. The second-order valence-electron chi connectivity index (χ2n) is 21.8. The van der Waals surface area contributed by atoms with E-state index in [1.54, 1.807) is 0 Å². The van der Waals surface area contributed by atoms with Crippen LogP contribution in [0.2, 0.25) is 0 Å². The van der Waals surface area contributed by atoms with E-state index in [1.807, 2.05) is 0 Å². The van der Waals surface area contributed by atoms with Crippen LogP contribution in [0.1, 0.15) is 309 Å². The number of allylic oxidation sites excluding steroid dienone is 20. The van der Waals surface area contributed by atoms with E-state index in [0.717, 1.165) is 103 Å². The molecule has 5 heteroatoms. The Kier molecular flexibility index (Phi) is 64.4. The van der Waals surface area contributed by atoms with E-state index >= 15 is 0 Å². The largest absolute Gasteiger partial charge is 0.462 e. The standard InChI is InChI=1S/C73H124O5/c1-3-5-7-9-11-13-15-17-19-21-23-25-27-29-31-32-33-34-35-36-37-38-39-40-42-44-46-48-50-52-54-56-58-60-62-64-66-68-73(76)78-71(69-74)70-77-72(75)67-65-63-61-59-57-55-53-51-49-47-45-43-41-30-28-26-24-22-20-18-16-14-12-10-8-6-4-2/h5-8,11-14,17-20,23-26,29,31,33-34,71,74H,3-4,9-10,15-16,21-22,27-28,30,32,35-70H2,1-2H3/b7-5-,8-6-,13-11-,14-12-,19-17-,20-18-,25-23-,26-24-,31-29-,34-33-. The zero-order chi connectivity index (χ0) is 56.2. The molecular weight excluding hydrogens is 957 g/mol. The van der Waals surface area contributed by atoms with Gasteiger partial charge in [-0.25, -0.2) is 0 Å². The van der Waals surface area contributed by atoms with Crippen molar-refractivity contribution in [1.29, 1.82) is 0 Å². The van der Waals surface area contributed by atoms with Gasteiger partial charge >= 0.3 is 11.9 Å². The molecule has 78 heavy (non-hydrogen) atoms. The molecule has 0 heterocycles. The van der Waals surface area contributed by atoms with E-state index in [-0.39, 0.29) is 25.2 Å². The predicted octanol–water partition coefficient (Wildman–Crippen LogP) is 23.0. The van der Waals surface area contributed by atoms with E-state index in [0.29, 0.717) is 12.8 Å². The van der Waals surface area contributed by atoms with Crippen molar-refractivity contribution in [2.45, 2.75) is 315 Å². The summed E-state index contributed by atoms with van der Waals surface area (Å²) in [5.41, 5.74) is 0. The van der Waals surface area contributed by atoms with Crippen LogP contribution in [0.5, 0.6) is 0 Å². The maximum Gasteiger partial charge on any atom is 0.306 e. The van der Waals surface area contributed by atoms with Gasteiger partial charge in [0, 0.05) is 12.8 Å². The highest BCUT2D eigenvalue weighted by Crippen LogP contribution is 2.17. The minimum atomic E-state index is -0.778. The summed E-state index contributed by atoms with van der Waals surface area (Å²) in [6, 6.07) is 0. The summed E-state index contributed by atoms with van der Waals surface area (Å²) in [7, 11) is 0. The lowest BCUT2D eigenvalue weighted by Crippen LogP contribution is -2.28. The van der Waals surface area contributed by atoms with Crippen LogP contribution in [0.3, 0.4) is 0 Å². The first-order valence-corrected chi connectivity index (χ1v) is 33.1. The van der Waals surface area contributed by atoms with Gasteiger partial charge in [0.1, 0.15) is 6.61 Å². The van der Waals surface area contributed by atoms with E-state index < -0.39 is 6.10 Å². The lowest BCUT2D eigenvalue weighted by molar-refractivity contribution is -0.161. The summed E-state index contributed by atoms with van der Waals surface area (Å²) in [5.74, 6) is -0.583. The number of rotatable bonds is 60.